The van der Waals surface area contributed by atoms with Crippen LogP contribution in [0.5, 0.6) is 5.75 Å². The number of benzene rings is 2. The third-order valence-electron chi connectivity index (χ3n) is 3.80. The first kappa shape index (κ1) is 17.0. The highest BCUT2D eigenvalue weighted by molar-refractivity contribution is 6.30. The van der Waals surface area contributed by atoms with Gasteiger partial charge in [-0.25, -0.2) is 0 Å². The number of nitrogens with one attached hydrogen (secondary N) is 1. The molecule has 0 spiro atoms. The summed E-state index contributed by atoms with van der Waals surface area (Å²) in [5, 5.41) is 7.96. The Morgan fingerprint density at radius 1 is 1.20 bits per heavy atom. The molecule has 1 N–H and O–H groups in total. The number of amides is 1. The first-order valence-electron chi connectivity index (χ1n) is 7.80. The zero-order valence-corrected chi connectivity index (χ0v) is 14.7. The minimum absolute atomic E-state index is 0.259. The van der Waals surface area contributed by atoms with Crippen LogP contribution in [0.4, 0.5) is 5.82 Å². The fourth-order valence-corrected chi connectivity index (χ4v) is 2.77. The number of halogens is 1. The van der Waals surface area contributed by atoms with Gasteiger partial charge in [0, 0.05) is 16.8 Å². The van der Waals surface area contributed by atoms with E-state index in [0.29, 0.717) is 28.7 Å². The zero-order chi connectivity index (χ0) is 17.8. The number of carbonyl (C=O) groups is 1. The number of hydrogen-bond acceptors (Lipinski definition) is 3. The van der Waals surface area contributed by atoms with E-state index in [1.807, 2.05) is 48.0 Å². The second-order valence-electron chi connectivity index (χ2n) is 5.61. The van der Waals surface area contributed by atoms with E-state index < -0.39 is 0 Å². The van der Waals surface area contributed by atoms with Crippen LogP contribution < -0.4 is 10.1 Å². The molecule has 5 nitrogen and oxygen atoms in total. The second kappa shape index (κ2) is 7.40. The number of aromatic nitrogens is 2. The number of nitrogens with zero attached hydrogens (tertiary/aromatic N) is 2. The third kappa shape index (κ3) is 4.00. The molecular weight excluding hydrogens is 338 g/mol. The van der Waals surface area contributed by atoms with Gasteiger partial charge in [-0.1, -0.05) is 35.9 Å². The van der Waals surface area contributed by atoms with Crippen molar-refractivity contribution in [1.29, 1.82) is 0 Å². The van der Waals surface area contributed by atoms with E-state index in [2.05, 4.69) is 10.4 Å². The maximum Gasteiger partial charge on any atom is 0.260 e. The molecule has 1 aromatic heterocycles. The molecule has 0 saturated carbocycles. The van der Waals surface area contributed by atoms with Crippen molar-refractivity contribution in [2.45, 2.75) is 13.5 Å². The highest BCUT2D eigenvalue weighted by atomic mass is 35.5. The number of aryl methyl sites for hydroxylation is 1. The highest BCUT2D eigenvalue weighted by Gasteiger charge is 2.14. The quantitative estimate of drug-likeness (QED) is 0.747. The van der Waals surface area contributed by atoms with Gasteiger partial charge >= 0.3 is 0 Å². The van der Waals surface area contributed by atoms with Crippen molar-refractivity contribution in [3.63, 3.8) is 0 Å². The summed E-state index contributed by atoms with van der Waals surface area (Å²) in [6, 6.07) is 16.5. The lowest BCUT2D eigenvalue weighted by Gasteiger charge is -2.07. The molecule has 0 aliphatic rings. The van der Waals surface area contributed by atoms with Gasteiger partial charge in [-0.15, -0.1) is 0 Å². The standard InChI is InChI=1S/C19H18ClN3O2/c1-13-10-18(21-19(24)16-8-3-4-9-17(16)25-2)22-23(13)12-14-6-5-7-15(20)11-14/h3-11H,12H2,1-2H3,(H,21,22,24). The number of rotatable bonds is 5. The summed E-state index contributed by atoms with van der Waals surface area (Å²) in [6.45, 7) is 2.52. The van der Waals surface area contributed by atoms with Crippen LogP contribution in [-0.4, -0.2) is 22.8 Å². The molecule has 3 rings (SSSR count). The van der Waals surface area contributed by atoms with Crippen molar-refractivity contribution in [3.8, 4) is 5.75 Å². The zero-order valence-electron chi connectivity index (χ0n) is 14.0. The molecule has 128 valence electrons. The van der Waals surface area contributed by atoms with Gasteiger partial charge in [0.2, 0.25) is 0 Å². The molecule has 0 radical (unpaired) electrons. The number of para-hydroxylation sites is 1. The van der Waals surface area contributed by atoms with Crippen LogP contribution in [0.1, 0.15) is 21.6 Å². The lowest BCUT2D eigenvalue weighted by Crippen LogP contribution is -2.14. The first-order valence-corrected chi connectivity index (χ1v) is 8.18. The summed E-state index contributed by atoms with van der Waals surface area (Å²) in [5.74, 6) is 0.760. The monoisotopic (exact) mass is 355 g/mol. The Kier molecular flexibility index (Phi) is 5.05. The molecule has 6 heteroatoms. The molecule has 0 aliphatic carbocycles. The largest absolute Gasteiger partial charge is 0.496 e. The van der Waals surface area contributed by atoms with E-state index in [4.69, 9.17) is 16.3 Å². The molecule has 0 bridgehead atoms. The van der Waals surface area contributed by atoms with Crippen LogP contribution in [0.25, 0.3) is 0 Å². The van der Waals surface area contributed by atoms with E-state index in [-0.39, 0.29) is 5.91 Å². The lowest BCUT2D eigenvalue weighted by molar-refractivity contribution is 0.102. The summed E-state index contributed by atoms with van der Waals surface area (Å²) < 4.78 is 7.05. The number of methoxy groups -OCH3 is 1. The molecule has 2 aromatic carbocycles. The molecule has 0 unspecified atom stereocenters. The van der Waals surface area contributed by atoms with Crippen LogP contribution >= 0.6 is 11.6 Å². The van der Waals surface area contributed by atoms with E-state index in [0.717, 1.165) is 11.3 Å². The lowest BCUT2D eigenvalue weighted by atomic mass is 10.2. The van der Waals surface area contributed by atoms with E-state index in [9.17, 15) is 4.79 Å². The molecular formula is C19H18ClN3O2. The molecule has 0 fully saturated rings. The Morgan fingerprint density at radius 2 is 2.00 bits per heavy atom. The van der Waals surface area contributed by atoms with Gasteiger partial charge in [-0.05, 0) is 36.8 Å². The summed E-state index contributed by atoms with van der Waals surface area (Å²) in [6.07, 6.45) is 0. The molecule has 1 amide bonds. The van der Waals surface area contributed by atoms with Gasteiger partial charge in [0.25, 0.3) is 5.91 Å². The van der Waals surface area contributed by atoms with Gasteiger partial charge < -0.3 is 10.1 Å². The average Bonchev–Trinajstić information content (AvgIpc) is 2.94. The number of anilines is 1. The van der Waals surface area contributed by atoms with E-state index in [1.54, 1.807) is 18.2 Å². The normalized spacial score (nSPS) is 10.5. The van der Waals surface area contributed by atoms with Crippen molar-refractivity contribution < 1.29 is 9.53 Å². The summed E-state index contributed by atoms with van der Waals surface area (Å²) in [5.41, 5.74) is 2.45. The van der Waals surface area contributed by atoms with Crippen molar-refractivity contribution in [2.75, 3.05) is 12.4 Å². The Balaban J connectivity index is 1.77. The fourth-order valence-electron chi connectivity index (χ4n) is 2.56. The van der Waals surface area contributed by atoms with Crippen molar-refractivity contribution in [2.24, 2.45) is 0 Å². The summed E-state index contributed by atoms with van der Waals surface area (Å²) in [4.78, 5) is 12.5. The SMILES string of the molecule is COc1ccccc1C(=O)Nc1cc(C)n(Cc2cccc(Cl)c2)n1. The fraction of sp³-hybridized carbons (Fsp3) is 0.158. The Labute approximate surface area is 151 Å². The minimum atomic E-state index is -0.259. The third-order valence-corrected chi connectivity index (χ3v) is 4.03. The minimum Gasteiger partial charge on any atom is -0.496 e. The molecule has 0 aliphatic heterocycles. The number of hydrogen-bond donors (Lipinski definition) is 1. The van der Waals surface area contributed by atoms with Gasteiger partial charge in [0.1, 0.15) is 5.75 Å². The Hall–Kier alpha value is -2.79. The average molecular weight is 356 g/mol. The van der Waals surface area contributed by atoms with Crippen LogP contribution in [0.3, 0.4) is 0 Å². The van der Waals surface area contributed by atoms with Crippen LogP contribution in [-0.2, 0) is 6.54 Å². The van der Waals surface area contributed by atoms with Crippen molar-refractivity contribution in [1.82, 2.24) is 9.78 Å². The predicted molar refractivity (Wildman–Crippen MR) is 98.5 cm³/mol. The molecule has 0 atom stereocenters. The topological polar surface area (TPSA) is 56.1 Å². The molecule has 0 saturated heterocycles. The smallest absolute Gasteiger partial charge is 0.260 e. The number of ether oxygens (including phenoxy) is 1. The maximum absolute atomic E-state index is 12.5. The van der Waals surface area contributed by atoms with E-state index >= 15 is 0 Å². The second-order valence-corrected chi connectivity index (χ2v) is 6.05. The van der Waals surface area contributed by atoms with E-state index in [1.165, 1.54) is 7.11 Å². The van der Waals surface area contributed by atoms with Crippen LogP contribution in [0.15, 0.2) is 54.6 Å². The van der Waals surface area contributed by atoms with Gasteiger partial charge in [-0.3, -0.25) is 9.48 Å². The van der Waals surface area contributed by atoms with Gasteiger partial charge in [0.05, 0.1) is 19.2 Å². The van der Waals surface area contributed by atoms with Crippen LogP contribution in [0, 0.1) is 6.92 Å². The molecule has 3 aromatic rings. The Bertz CT molecular complexity index is 905. The highest BCUT2D eigenvalue weighted by Crippen LogP contribution is 2.20. The molecule has 25 heavy (non-hydrogen) atoms. The maximum atomic E-state index is 12.5. The summed E-state index contributed by atoms with van der Waals surface area (Å²) >= 11 is 6.02. The Morgan fingerprint density at radius 3 is 2.76 bits per heavy atom. The van der Waals surface area contributed by atoms with Crippen molar-refractivity contribution >= 4 is 23.3 Å². The van der Waals surface area contributed by atoms with Crippen molar-refractivity contribution in [3.05, 3.63) is 76.4 Å². The summed E-state index contributed by atoms with van der Waals surface area (Å²) in [7, 11) is 1.54. The first-order chi connectivity index (χ1) is 12.1. The van der Waals surface area contributed by atoms with Gasteiger partial charge in [-0.2, -0.15) is 5.10 Å². The molecule has 1 heterocycles. The number of carbonyl (C=O) groups excluding carboxylic acids is 1. The van der Waals surface area contributed by atoms with Gasteiger partial charge in [0.15, 0.2) is 5.82 Å². The predicted octanol–water partition coefficient (Wildman–Crippen LogP) is 4.15. The van der Waals surface area contributed by atoms with Crippen LogP contribution in [0.2, 0.25) is 5.02 Å².